The fraction of sp³-hybridized carbons (Fsp3) is 0.208. The zero-order chi connectivity index (χ0) is 20.4. The van der Waals surface area contributed by atoms with Crippen molar-refractivity contribution in [2.75, 3.05) is 10.6 Å². The zero-order valence-corrected chi connectivity index (χ0v) is 17.2. The Labute approximate surface area is 171 Å². The van der Waals surface area contributed by atoms with Gasteiger partial charge in [-0.05, 0) is 42.2 Å². The van der Waals surface area contributed by atoms with Crippen molar-refractivity contribution in [2.45, 2.75) is 33.1 Å². The van der Waals surface area contributed by atoms with E-state index in [2.05, 4.69) is 70.6 Å². The van der Waals surface area contributed by atoms with Gasteiger partial charge in [0.25, 0.3) is 0 Å². The van der Waals surface area contributed by atoms with Crippen molar-refractivity contribution in [3.63, 3.8) is 0 Å². The van der Waals surface area contributed by atoms with Gasteiger partial charge in [0, 0.05) is 29.0 Å². The molecule has 2 N–H and O–H groups in total. The molecule has 29 heavy (non-hydrogen) atoms. The monoisotopic (exact) mass is 383 g/mol. The van der Waals surface area contributed by atoms with Crippen molar-refractivity contribution < 1.29 is 0 Å². The average molecular weight is 383 g/mol. The van der Waals surface area contributed by atoms with Crippen molar-refractivity contribution in [2.24, 2.45) is 0 Å². The number of benzene rings is 2. The second-order valence-corrected chi connectivity index (χ2v) is 8.18. The number of hydrogen-bond acceptors (Lipinski definition) is 5. The summed E-state index contributed by atoms with van der Waals surface area (Å²) in [5, 5.41) is 7.77. The van der Waals surface area contributed by atoms with Crippen molar-refractivity contribution in [1.29, 1.82) is 0 Å². The number of fused-ring (bicyclic) bond motifs is 1. The van der Waals surface area contributed by atoms with E-state index in [-0.39, 0.29) is 5.41 Å². The van der Waals surface area contributed by atoms with Crippen LogP contribution in [0.15, 0.2) is 66.9 Å². The summed E-state index contributed by atoms with van der Waals surface area (Å²) in [6.45, 7) is 8.60. The van der Waals surface area contributed by atoms with E-state index >= 15 is 0 Å². The molecule has 0 aliphatic heterocycles. The normalized spacial score (nSPS) is 11.4. The predicted molar refractivity (Wildman–Crippen MR) is 120 cm³/mol. The highest BCUT2D eigenvalue weighted by molar-refractivity contribution is 5.91. The van der Waals surface area contributed by atoms with E-state index in [4.69, 9.17) is 0 Å². The lowest BCUT2D eigenvalue weighted by Crippen LogP contribution is -2.10. The van der Waals surface area contributed by atoms with Crippen LogP contribution in [0.25, 0.3) is 10.9 Å². The Balaban J connectivity index is 1.59. The number of hydrogen-bond donors (Lipinski definition) is 2. The van der Waals surface area contributed by atoms with Crippen LogP contribution in [0.1, 0.15) is 32.0 Å². The molecular formula is C24H25N5. The van der Waals surface area contributed by atoms with Gasteiger partial charge in [0.05, 0.1) is 11.2 Å². The third kappa shape index (κ3) is 4.35. The van der Waals surface area contributed by atoms with Crippen molar-refractivity contribution >= 4 is 34.0 Å². The van der Waals surface area contributed by atoms with Gasteiger partial charge in [0.2, 0.25) is 5.95 Å². The lowest BCUT2D eigenvalue weighted by molar-refractivity contribution is 0.590. The molecule has 0 bridgehead atoms. The summed E-state index contributed by atoms with van der Waals surface area (Å²) in [6, 6.07) is 20.4. The molecule has 5 nitrogen and oxygen atoms in total. The van der Waals surface area contributed by atoms with Crippen LogP contribution in [0.3, 0.4) is 0 Å². The second-order valence-electron chi connectivity index (χ2n) is 8.18. The molecule has 2 aromatic carbocycles. The number of aryl methyl sites for hydroxylation is 1. The van der Waals surface area contributed by atoms with E-state index in [1.807, 2.05) is 43.3 Å². The molecule has 0 fully saturated rings. The summed E-state index contributed by atoms with van der Waals surface area (Å²) in [6.07, 6.45) is 1.79. The Morgan fingerprint density at radius 2 is 1.59 bits per heavy atom. The van der Waals surface area contributed by atoms with E-state index in [1.165, 1.54) is 5.56 Å². The number of pyridine rings is 1. The van der Waals surface area contributed by atoms with Gasteiger partial charge in [0.15, 0.2) is 0 Å². The third-order valence-corrected chi connectivity index (χ3v) is 4.76. The number of nitrogens with one attached hydrogen (secondary N) is 2. The number of nitrogens with zero attached hydrogens (tertiary/aromatic N) is 3. The quantitative estimate of drug-likeness (QED) is 0.445. The molecule has 4 aromatic rings. The van der Waals surface area contributed by atoms with E-state index in [0.29, 0.717) is 5.95 Å². The first-order valence-corrected chi connectivity index (χ1v) is 9.72. The van der Waals surface area contributed by atoms with Crippen LogP contribution in [0.2, 0.25) is 0 Å². The summed E-state index contributed by atoms with van der Waals surface area (Å²) in [5.74, 6) is 1.29. The molecule has 0 saturated heterocycles. The molecule has 0 aliphatic carbocycles. The van der Waals surface area contributed by atoms with Crippen molar-refractivity contribution in [1.82, 2.24) is 15.0 Å². The lowest BCUT2D eigenvalue weighted by atomic mass is 9.87. The van der Waals surface area contributed by atoms with E-state index < -0.39 is 0 Å². The number of para-hydroxylation sites is 1. The first-order chi connectivity index (χ1) is 13.9. The first-order valence-electron chi connectivity index (χ1n) is 9.72. The minimum absolute atomic E-state index is 0.133. The van der Waals surface area contributed by atoms with Gasteiger partial charge in [-0.3, -0.25) is 4.98 Å². The third-order valence-electron chi connectivity index (χ3n) is 4.76. The molecule has 0 atom stereocenters. The summed E-state index contributed by atoms with van der Waals surface area (Å²) in [4.78, 5) is 13.7. The maximum atomic E-state index is 4.64. The van der Waals surface area contributed by atoms with Crippen LogP contribution < -0.4 is 10.6 Å². The van der Waals surface area contributed by atoms with Crippen LogP contribution in [0, 0.1) is 6.92 Å². The standard InChI is InChI=1S/C24H25N5/c1-16-15-21(27-19-12-10-18(11-13-19)24(2,3)4)29-23(26-16)28-20-9-5-7-17-8-6-14-25-22(17)20/h5-15H,1-4H3,(H2,26,27,28,29). The fourth-order valence-corrected chi connectivity index (χ4v) is 3.22. The van der Waals surface area contributed by atoms with Crippen LogP contribution >= 0.6 is 0 Å². The first kappa shape index (κ1) is 18.9. The molecule has 0 spiro atoms. The molecule has 0 unspecified atom stereocenters. The summed E-state index contributed by atoms with van der Waals surface area (Å²) < 4.78 is 0. The number of anilines is 4. The topological polar surface area (TPSA) is 62.7 Å². The number of rotatable bonds is 4. The maximum Gasteiger partial charge on any atom is 0.229 e. The highest BCUT2D eigenvalue weighted by Crippen LogP contribution is 2.26. The average Bonchev–Trinajstić information content (AvgIpc) is 2.68. The predicted octanol–water partition coefficient (Wildman–Crippen LogP) is 6.12. The Morgan fingerprint density at radius 1 is 0.828 bits per heavy atom. The molecule has 2 aromatic heterocycles. The molecular weight excluding hydrogens is 358 g/mol. The molecule has 4 rings (SSSR count). The second kappa shape index (κ2) is 7.51. The Morgan fingerprint density at radius 3 is 2.34 bits per heavy atom. The highest BCUT2D eigenvalue weighted by Gasteiger charge is 2.13. The Bertz CT molecular complexity index is 1140. The van der Waals surface area contributed by atoms with Gasteiger partial charge >= 0.3 is 0 Å². The molecule has 146 valence electrons. The molecule has 0 saturated carbocycles. The minimum Gasteiger partial charge on any atom is -0.340 e. The summed E-state index contributed by atoms with van der Waals surface area (Å²) in [5.41, 5.74) is 5.08. The molecule has 0 amide bonds. The molecule has 5 heteroatoms. The van der Waals surface area contributed by atoms with E-state index in [0.717, 1.165) is 33.8 Å². The SMILES string of the molecule is Cc1cc(Nc2ccc(C(C)(C)C)cc2)nc(Nc2cccc3cccnc23)n1. The maximum absolute atomic E-state index is 4.64. The van der Waals surface area contributed by atoms with Gasteiger partial charge in [-0.1, -0.05) is 51.1 Å². The van der Waals surface area contributed by atoms with Crippen LogP contribution in [-0.4, -0.2) is 15.0 Å². The molecule has 0 radical (unpaired) electrons. The number of aromatic nitrogens is 3. The van der Waals surface area contributed by atoms with Crippen molar-refractivity contribution in [3.05, 3.63) is 78.1 Å². The zero-order valence-electron chi connectivity index (χ0n) is 17.2. The van der Waals surface area contributed by atoms with Gasteiger partial charge < -0.3 is 10.6 Å². The van der Waals surface area contributed by atoms with E-state index in [9.17, 15) is 0 Å². The van der Waals surface area contributed by atoms with Crippen LogP contribution in [0.4, 0.5) is 23.1 Å². The fourth-order valence-electron chi connectivity index (χ4n) is 3.22. The van der Waals surface area contributed by atoms with Gasteiger partial charge in [-0.2, -0.15) is 4.98 Å². The highest BCUT2D eigenvalue weighted by atomic mass is 15.1. The summed E-state index contributed by atoms with van der Waals surface area (Å²) in [7, 11) is 0. The Kier molecular flexibility index (Phi) is 4.89. The molecule has 2 heterocycles. The van der Waals surface area contributed by atoms with Crippen LogP contribution in [0.5, 0.6) is 0 Å². The Hall–Kier alpha value is -3.47. The molecule has 0 aliphatic rings. The van der Waals surface area contributed by atoms with Gasteiger partial charge in [0.1, 0.15) is 5.82 Å². The lowest BCUT2D eigenvalue weighted by Gasteiger charge is -2.19. The van der Waals surface area contributed by atoms with Crippen molar-refractivity contribution in [3.8, 4) is 0 Å². The van der Waals surface area contributed by atoms with Crippen LogP contribution in [-0.2, 0) is 5.41 Å². The summed E-state index contributed by atoms with van der Waals surface area (Å²) >= 11 is 0. The van der Waals surface area contributed by atoms with E-state index in [1.54, 1.807) is 6.20 Å². The largest absolute Gasteiger partial charge is 0.340 e. The van der Waals surface area contributed by atoms with Gasteiger partial charge in [-0.15, -0.1) is 0 Å². The smallest absolute Gasteiger partial charge is 0.229 e. The minimum atomic E-state index is 0.133. The van der Waals surface area contributed by atoms with Gasteiger partial charge in [-0.25, -0.2) is 4.98 Å².